The Balaban J connectivity index is 1.96. The zero-order chi connectivity index (χ0) is 13.7. The molecule has 1 unspecified atom stereocenters. The second-order valence-corrected chi connectivity index (χ2v) is 4.38. The lowest BCUT2D eigenvalue weighted by atomic mass is 10.1. The van der Waals surface area contributed by atoms with Gasteiger partial charge in [-0.15, -0.1) is 0 Å². The number of hydrogen-bond donors (Lipinski definition) is 0. The monoisotopic (exact) mass is 257 g/mol. The second-order valence-electron chi connectivity index (χ2n) is 4.38. The van der Waals surface area contributed by atoms with Crippen LogP contribution in [0, 0.1) is 17.8 Å². The molecule has 98 valence electrons. The predicted octanol–water partition coefficient (Wildman–Crippen LogP) is 1.06. The highest BCUT2D eigenvalue weighted by Crippen LogP contribution is 2.17. The van der Waals surface area contributed by atoms with Gasteiger partial charge in [0.25, 0.3) is 5.91 Å². The van der Waals surface area contributed by atoms with Crippen molar-refractivity contribution < 1.29 is 14.3 Å². The third-order valence-electron chi connectivity index (χ3n) is 3.10. The molecule has 0 saturated carbocycles. The molecule has 1 aromatic carbocycles. The molecule has 1 atom stereocenters. The fraction of sp³-hybridized carbons (Fsp3) is 0.333. The minimum absolute atomic E-state index is 0.215. The Morgan fingerprint density at radius 1 is 1.32 bits per heavy atom. The Morgan fingerprint density at radius 3 is 2.74 bits per heavy atom. The van der Waals surface area contributed by atoms with Gasteiger partial charge in [-0.25, -0.2) is 0 Å². The van der Waals surface area contributed by atoms with Crippen LogP contribution in [0.15, 0.2) is 30.3 Å². The van der Waals surface area contributed by atoms with E-state index in [0.717, 1.165) is 5.56 Å². The molecule has 4 heteroatoms. The number of carbonyl (C=O) groups is 2. The lowest BCUT2D eigenvalue weighted by Crippen LogP contribution is -2.29. The van der Waals surface area contributed by atoms with Gasteiger partial charge in [-0.1, -0.05) is 24.1 Å². The molecule has 0 spiro atoms. The standard InChI is InChI=1S/C15H15NO3/c1-19-15(18)13-9-10-16(11-13)14(17)8-7-12-5-3-2-4-6-12/h2-6,13H,9-11H2,1H3. The molecule has 0 radical (unpaired) electrons. The molecular weight excluding hydrogens is 242 g/mol. The van der Waals surface area contributed by atoms with Crippen LogP contribution in [0.25, 0.3) is 0 Å². The van der Waals surface area contributed by atoms with Crippen molar-refractivity contribution in [3.8, 4) is 11.8 Å². The number of esters is 1. The normalized spacial score (nSPS) is 17.5. The number of ether oxygens (including phenoxy) is 1. The van der Waals surface area contributed by atoms with Gasteiger partial charge < -0.3 is 9.64 Å². The van der Waals surface area contributed by atoms with E-state index in [1.165, 1.54) is 7.11 Å². The fourth-order valence-electron chi connectivity index (χ4n) is 2.03. The number of methoxy groups -OCH3 is 1. The molecule has 0 bridgehead atoms. The molecule has 0 N–H and O–H groups in total. The first-order chi connectivity index (χ1) is 9.20. The Labute approximate surface area is 112 Å². The molecule has 1 aromatic rings. The van der Waals surface area contributed by atoms with Crippen LogP contribution in [0.1, 0.15) is 12.0 Å². The predicted molar refractivity (Wildman–Crippen MR) is 70.0 cm³/mol. The number of hydrogen-bond acceptors (Lipinski definition) is 3. The molecule has 19 heavy (non-hydrogen) atoms. The van der Waals surface area contributed by atoms with Crippen LogP contribution in [-0.2, 0) is 14.3 Å². The van der Waals surface area contributed by atoms with Gasteiger partial charge in [-0.3, -0.25) is 9.59 Å². The average Bonchev–Trinajstić information content (AvgIpc) is 2.95. The maximum Gasteiger partial charge on any atom is 0.310 e. The smallest absolute Gasteiger partial charge is 0.310 e. The molecule has 4 nitrogen and oxygen atoms in total. The highest BCUT2D eigenvalue weighted by atomic mass is 16.5. The van der Waals surface area contributed by atoms with E-state index in [-0.39, 0.29) is 17.8 Å². The van der Waals surface area contributed by atoms with Crippen LogP contribution in [0.5, 0.6) is 0 Å². The Morgan fingerprint density at radius 2 is 2.05 bits per heavy atom. The molecule has 1 heterocycles. The Kier molecular flexibility index (Phi) is 4.19. The molecule has 1 fully saturated rings. The van der Waals surface area contributed by atoms with Gasteiger partial charge in [0.15, 0.2) is 0 Å². The molecular formula is C15H15NO3. The van der Waals surface area contributed by atoms with Crippen molar-refractivity contribution in [1.82, 2.24) is 4.90 Å². The SMILES string of the molecule is COC(=O)C1CCN(C(=O)C#Cc2ccccc2)C1. The lowest BCUT2D eigenvalue weighted by molar-refractivity contribution is -0.145. The highest BCUT2D eigenvalue weighted by Gasteiger charge is 2.30. The van der Waals surface area contributed by atoms with Gasteiger partial charge in [0.05, 0.1) is 13.0 Å². The van der Waals surface area contributed by atoms with Crippen molar-refractivity contribution in [1.29, 1.82) is 0 Å². The molecule has 1 aliphatic heterocycles. The van der Waals surface area contributed by atoms with E-state index in [2.05, 4.69) is 16.6 Å². The fourth-order valence-corrected chi connectivity index (χ4v) is 2.03. The maximum absolute atomic E-state index is 11.9. The number of likely N-dealkylation sites (tertiary alicyclic amines) is 1. The van der Waals surface area contributed by atoms with Crippen molar-refractivity contribution in [3.63, 3.8) is 0 Å². The Hall–Kier alpha value is -2.28. The summed E-state index contributed by atoms with van der Waals surface area (Å²) < 4.78 is 4.68. The van der Waals surface area contributed by atoms with Gasteiger partial charge in [0.2, 0.25) is 0 Å². The summed E-state index contributed by atoms with van der Waals surface area (Å²) in [7, 11) is 1.36. The quantitative estimate of drug-likeness (QED) is 0.558. The minimum Gasteiger partial charge on any atom is -0.469 e. The first kappa shape index (κ1) is 13.2. The number of amides is 1. The lowest BCUT2D eigenvalue weighted by Gasteiger charge is -2.11. The zero-order valence-corrected chi connectivity index (χ0v) is 10.8. The van der Waals surface area contributed by atoms with Crippen LogP contribution < -0.4 is 0 Å². The van der Waals surface area contributed by atoms with Crippen molar-refractivity contribution >= 4 is 11.9 Å². The van der Waals surface area contributed by atoms with E-state index < -0.39 is 0 Å². The van der Waals surface area contributed by atoms with Crippen molar-refractivity contribution in [3.05, 3.63) is 35.9 Å². The third kappa shape index (κ3) is 3.35. The summed E-state index contributed by atoms with van der Waals surface area (Å²) >= 11 is 0. The largest absolute Gasteiger partial charge is 0.469 e. The minimum atomic E-state index is -0.258. The summed E-state index contributed by atoms with van der Waals surface area (Å²) in [6, 6.07) is 9.34. The van der Waals surface area contributed by atoms with Gasteiger partial charge in [0, 0.05) is 24.6 Å². The second kappa shape index (κ2) is 6.05. The number of nitrogens with zero attached hydrogens (tertiary/aromatic N) is 1. The van der Waals surface area contributed by atoms with Gasteiger partial charge >= 0.3 is 5.97 Å². The molecule has 1 amide bonds. The van der Waals surface area contributed by atoms with Crippen molar-refractivity contribution in [2.75, 3.05) is 20.2 Å². The number of benzene rings is 1. The van der Waals surface area contributed by atoms with Crippen molar-refractivity contribution in [2.45, 2.75) is 6.42 Å². The summed E-state index contributed by atoms with van der Waals surface area (Å²) in [5.41, 5.74) is 0.805. The summed E-state index contributed by atoms with van der Waals surface area (Å²) in [6.07, 6.45) is 0.644. The molecule has 0 aromatic heterocycles. The van der Waals surface area contributed by atoms with E-state index >= 15 is 0 Å². The topological polar surface area (TPSA) is 46.6 Å². The van der Waals surface area contributed by atoms with Crippen LogP contribution in [0.3, 0.4) is 0 Å². The van der Waals surface area contributed by atoms with E-state index in [4.69, 9.17) is 0 Å². The van der Waals surface area contributed by atoms with Gasteiger partial charge in [0.1, 0.15) is 0 Å². The third-order valence-corrected chi connectivity index (χ3v) is 3.10. The molecule has 1 saturated heterocycles. The first-order valence-electron chi connectivity index (χ1n) is 6.14. The number of carbonyl (C=O) groups excluding carboxylic acids is 2. The van der Waals surface area contributed by atoms with Gasteiger partial charge in [-0.05, 0) is 18.6 Å². The van der Waals surface area contributed by atoms with Crippen LogP contribution in [-0.4, -0.2) is 37.0 Å². The zero-order valence-electron chi connectivity index (χ0n) is 10.8. The van der Waals surface area contributed by atoms with Crippen LogP contribution in [0.4, 0.5) is 0 Å². The van der Waals surface area contributed by atoms with E-state index in [9.17, 15) is 9.59 Å². The van der Waals surface area contributed by atoms with E-state index in [1.807, 2.05) is 30.3 Å². The Bertz CT molecular complexity index is 527. The summed E-state index contributed by atoms with van der Waals surface area (Å²) in [6.45, 7) is 0.955. The molecule has 2 rings (SSSR count). The van der Waals surface area contributed by atoms with Crippen molar-refractivity contribution in [2.24, 2.45) is 5.92 Å². The maximum atomic E-state index is 11.9. The summed E-state index contributed by atoms with van der Waals surface area (Å²) in [5.74, 6) is 4.71. The summed E-state index contributed by atoms with van der Waals surface area (Å²) in [4.78, 5) is 24.8. The molecule has 0 aliphatic carbocycles. The average molecular weight is 257 g/mol. The number of rotatable bonds is 1. The summed E-state index contributed by atoms with van der Waals surface area (Å²) in [5, 5.41) is 0. The highest BCUT2D eigenvalue weighted by molar-refractivity contribution is 5.94. The van der Waals surface area contributed by atoms with E-state index in [0.29, 0.717) is 19.5 Å². The van der Waals surface area contributed by atoms with Gasteiger partial charge in [-0.2, -0.15) is 0 Å². The first-order valence-corrected chi connectivity index (χ1v) is 6.14. The van der Waals surface area contributed by atoms with Crippen LogP contribution in [0.2, 0.25) is 0 Å². The van der Waals surface area contributed by atoms with Crippen LogP contribution >= 0.6 is 0 Å². The molecule has 1 aliphatic rings. The van der Waals surface area contributed by atoms with E-state index in [1.54, 1.807) is 4.90 Å².